The van der Waals surface area contributed by atoms with E-state index in [4.69, 9.17) is 5.11 Å². The third-order valence-electron chi connectivity index (χ3n) is 2.50. The summed E-state index contributed by atoms with van der Waals surface area (Å²) >= 11 is 0. The summed E-state index contributed by atoms with van der Waals surface area (Å²) < 4.78 is 0. The molecule has 0 unspecified atom stereocenters. The summed E-state index contributed by atoms with van der Waals surface area (Å²) in [7, 11) is 0. The predicted octanol–water partition coefficient (Wildman–Crippen LogP) is 2.07. The Balaban J connectivity index is 2.11. The number of rotatable bonds is 3. The van der Waals surface area contributed by atoms with Crippen molar-refractivity contribution in [2.75, 3.05) is 11.9 Å². The number of pyridine rings is 1. The molecule has 1 aromatic carbocycles. The smallest absolute Gasteiger partial charge is 0.256 e. The Labute approximate surface area is 117 Å². The van der Waals surface area contributed by atoms with Crippen molar-refractivity contribution in [2.24, 2.45) is 0 Å². The number of hydrogen-bond donors (Lipinski definition) is 2. The second kappa shape index (κ2) is 7.07. The second-order valence-electron chi connectivity index (χ2n) is 4.03. The average molecular weight is 266 g/mol. The highest BCUT2D eigenvalue weighted by atomic mass is 16.2. The Morgan fingerprint density at radius 2 is 2.15 bits per heavy atom. The van der Waals surface area contributed by atoms with E-state index in [1.165, 1.54) is 0 Å². The Morgan fingerprint density at radius 1 is 1.25 bits per heavy atom. The number of nitrogens with zero attached hydrogens (tertiary/aromatic N) is 1. The number of carbonyl (C=O) groups excluding carboxylic acids is 1. The predicted molar refractivity (Wildman–Crippen MR) is 77.2 cm³/mol. The zero-order chi connectivity index (χ0) is 14.2. The molecule has 1 amide bonds. The first kappa shape index (κ1) is 13.8. The Hall–Kier alpha value is -2.64. The normalized spacial score (nSPS) is 9.45. The van der Waals surface area contributed by atoms with Gasteiger partial charge < -0.3 is 10.4 Å². The van der Waals surface area contributed by atoms with Gasteiger partial charge in [0.1, 0.15) is 5.82 Å². The van der Waals surface area contributed by atoms with E-state index in [1.807, 2.05) is 6.07 Å². The van der Waals surface area contributed by atoms with E-state index in [9.17, 15) is 4.79 Å². The number of amides is 1. The van der Waals surface area contributed by atoms with Crippen molar-refractivity contribution in [3.05, 3.63) is 59.8 Å². The van der Waals surface area contributed by atoms with Gasteiger partial charge in [-0.1, -0.05) is 24.0 Å². The van der Waals surface area contributed by atoms with Gasteiger partial charge in [0.2, 0.25) is 0 Å². The number of hydrogen-bond acceptors (Lipinski definition) is 3. The lowest BCUT2D eigenvalue weighted by Gasteiger charge is -2.04. The van der Waals surface area contributed by atoms with Crippen molar-refractivity contribution in [2.45, 2.75) is 6.42 Å². The minimum absolute atomic E-state index is 0.0346. The highest BCUT2D eigenvalue weighted by Crippen LogP contribution is 2.08. The molecule has 0 fully saturated rings. The van der Waals surface area contributed by atoms with Gasteiger partial charge in [-0.2, -0.15) is 0 Å². The van der Waals surface area contributed by atoms with Crippen LogP contribution in [0.1, 0.15) is 22.3 Å². The van der Waals surface area contributed by atoms with E-state index >= 15 is 0 Å². The SMILES string of the molecule is O=C(Nc1ccccn1)c1cccc(C#CCCO)c1. The third kappa shape index (κ3) is 3.94. The maximum Gasteiger partial charge on any atom is 0.256 e. The molecule has 1 aromatic heterocycles. The topological polar surface area (TPSA) is 62.2 Å². The first-order valence-electron chi connectivity index (χ1n) is 6.22. The molecule has 0 aliphatic carbocycles. The van der Waals surface area contributed by atoms with Crippen molar-refractivity contribution in [3.8, 4) is 11.8 Å². The molecule has 0 aliphatic heterocycles. The van der Waals surface area contributed by atoms with Gasteiger partial charge in [-0.05, 0) is 30.3 Å². The summed E-state index contributed by atoms with van der Waals surface area (Å²) in [5.41, 5.74) is 1.26. The zero-order valence-corrected chi connectivity index (χ0v) is 10.8. The van der Waals surface area contributed by atoms with Gasteiger partial charge in [0.15, 0.2) is 0 Å². The second-order valence-corrected chi connectivity index (χ2v) is 4.03. The summed E-state index contributed by atoms with van der Waals surface area (Å²) in [6, 6.07) is 12.3. The highest BCUT2D eigenvalue weighted by molar-refractivity contribution is 6.03. The van der Waals surface area contributed by atoms with Gasteiger partial charge in [-0.15, -0.1) is 0 Å². The van der Waals surface area contributed by atoms with Crippen molar-refractivity contribution in [3.63, 3.8) is 0 Å². The van der Waals surface area contributed by atoms with Gasteiger partial charge >= 0.3 is 0 Å². The number of aliphatic hydroxyl groups is 1. The highest BCUT2D eigenvalue weighted by Gasteiger charge is 2.06. The number of nitrogens with one attached hydrogen (secondary N) is 1. The average Bonchev–Trinajstić information content (AvgIpc) is 2.49. The number of aromatic nitrogens is 1. The molecule has 4 heteroatoms. The molecular weight excluding hydrogens is 252 g/mol. The minimum Gasteiger partial charge on any atom is -0.395 e. The summed E-state index contributed by atoms with van der Waals surface area (Å²) in [4.78, 5) is 16.1. The summed E-state index contributed by atoms with van der Waals surface area (Å²) in [6.45, 7) is 0.0346. The van der Waals surface area contributed by atoms with Crippen LogP contribution in [-0.2, 0) is 0 Å². The van der Waals surface area contributed by atoms with E-state index in [0.29, 0.717) is 17.8 Å². The van der Waals surface area contributed by atoms with Crippen LogP contribution in [0, 0.1) is 11.8 Å². The molecule has 100 valence electrons. The molecule has 2 rings (SSSR count). The van der Waals surface area contributed by atoms with E-state index in [1.54, 1.807) is 42.6 Å². The number of aliphatic hydroxyl groups excluding tert-OH is 1. The number of benzene rings is 1. The molecule has 0 radical (unpaired) electrons. The molecule has 0 spiro atoms. The lowest BCUT2D eigenvalue weighted by molar-refractivity contribution is 0.102. The molecule has 2 aromatic rings. The maximum atomic E-state index is 12.1. The monoisotopic (exact) mass is 266 g/mol. The molecule has 0 atom stereocenters. The van der Waals surface area contributed by atoms with Gasteiger partial charge in [-0.25, -0.2) is 4.98 Å². The van der Waals surface area contributed by atoms with Gasteiger partial charge in [0.25, 0.3) is 5.91 Å². The molecule has 0 saturated carbocycles. The molecular formula is C16H14N2O2. The quantitative estimate of drug-likeness (QED) is 0.836. The fourth-order valence-electron chi connectivity index (χ4n) is 1.58. The fourth-order valence-corrected chi connectivity index (χ4v) is 1.58. The van der Waals surface area contributed by atoms with Crippen molar-refractivity contribution < 1.29 is 9.90 Å². The van der Waals surface area contributed by atoms with E-state index in [2.05, 4.69) is 22.1 Å². The molecule has 4 nitrogen and oxygen atoms in total. The standard InChI is InChI=1S/C16H14N2O2/c19-11-4-2-6-13-7-5-8-14(12-13)16(20)18-15-9-1-3-10-17-15/h1,3,5,7-10,12,19H,4,11H2,(H,17,18,20). The van der Waals surface area contributed by atoms with Crippen LogP contribution in [0.3, 0.4) is 0 Å². The van der Waals surface area contributed by atoms with Crippen LogP contribution in [0.2, 0.25) is 0 Å². The van der Waals surface area contributed by atoms with Crippen LogP contribution in [0.25, 0.3) is 0 Å². The van der Waals surface area contributed by atoms with Gasteiger partial charge in [0.05, 0.1) is 6.61 Å². The van der Waals surface area contributed by atoms with Crippen molar-refractivity contribution in [1.82, 2.24) is 4.98 Å². The van der Waals surface area contributed by atoms with E-state index in [-0.39, 0.29) is 12.5 Å². The molecule has 20 heavy (non-hydrogen) atoms. The first-order valence-corrected chi connectivity index (χ1v) is 6.22. The lowest BCUT2D eigenvalue weighted by atomic mass is 10.1. The lowest BCUT2D eigenvalue weighted by Crippen LogP contribution is -2.12. The van der Waals surface area contributed by atoms with Crippen molar-refractivity contribution in [1.29, 1.82) is 0 Å². The zero-order valence-electron chi connectivity index (χ0n) is 10.8. The summed E-state index contributed by atoms with van der Waals surface area (Å²) in [5, 5.41) is 11.4. The summed E-state index contributed by atoms with van der Waals surface area (Å²) in [5.74, 6) is 6.00. The van der Waals surface area contributed by atoms with Crippen LogP contribution in [-0.4, -0.2) is 22.6 Å². The van der Waals surface area contributed by atoms with E-state index in [0.717, 1.165) is 5.56 Å². The Bertz CT molecular complexity index is 642. The number of anilines is 1. The Kier molecular flexibility index (Phi) is 4.87. The summed E-state index contributed by atoms with van der Waals surface area (Å²) in [6.07, 6.45) is 2.04. The van der Waals surface area contributed by atoms with Gasteiger partial charge in [0, 0.05) is 23.7 Å². The molecule has 2 N–H and O–H groups in total. The maximum absolute atomic E-state index is 12.1. The minimum atomic E-state index is -0.227. The molecule has 0 bridgehead atoms. The molecule has 0 saturated heterocycles. The van der Waals surface area contributed by atoms with Crippen LogP contribution >= 0.6 is 0 Å². The number of carbonyl (C=O) groups is 1. The van der Waals surface area contributed by atoms with Crippen LogP contribution < -0.4 is 5.32 Å². The third-order valence-corrected chi connectivity index (χ3v) is 2.50. The van der Waals surface area contributed by atoms with Gasteiger partial charge in [-0.3, -0.25) is 4.79 Å². The fraction of sp³-hybridized carbons (Fsp3) is 0.125. The Morgan fingerprint density at radius 3 is 2.90 bits per heavy atom. The largest absolute Gasteiger partial charge is 0.395 e. The van der Waals surface area contributed by atoms with E-state index < -0.39 is 0 Å². The van der Waals surface area contributed by atoms with Crippen LogP contribution in [0.4, 0.5) is 5.82 Å². The van der Waals surface area contributed by atoms with Crippen LogP contribution in [0.5, 0.6) is 0 Å². The molecule has 0 aliphatic rings. The molecule has 1 heterocycles. The van der Waals surface area contributed by atoms with Crippen LogP contribution in [0.15, 0.2) is 48.7 Å². The van der Waals surface area contributed by atoms with Crippen molar-refractivity contribution >= 4 is 11.7 Å². The first-order chi connectivity index (χ1) is 9.79.